The molecule has 1 aromatic carbocycles. The first-order valence-corrected chi connectivity index (χ1v) is 5.37. The highest BCUT2D eigenvalue weighted by atomic mass is 35.5. The van der Waals surface area contributed by atoms with Crippen LogP contribution in [0.2, 0.25) is 5.02 Å². The molecule has 2 rings (SSSR count). The van der Waals surface area contributed by atoms with Gasteiger partial charge >= 0.3 is 0 Å². The fourth-order valence-corrected chi connectivity index (χ4v) is 2.04. The first-order valence-electron chi connectivity index (χ1n) is 5.00. The summed E-state index contributed by atoms with van der Waals surface area (Å²) in [6.45, 7) is 0.928. The van der Waals surface area contributed by atoms with Crippen LogP contribution in [0.5, 0.6) is 0 Å². The number of aromatic nitrogens is 1. The topological polar surface area (TPSA) is 4.93 Å². The summed E-state index contributed by atoms with van der Waals surface area (Å²) < 4.78 is 2.16. The Morgan fingerprint density at radius 3 is 3.00 bits per heavy atom. The molecule has 1 aromatic heterocycles. The number of fused-ring (bicyclic) bond motifs is 1. The van der Waals surface area contributed by atoms with Crippen LogP contribution in [0.1, 0.15) is 12.8 Å². The van der Waals surface area contributed by atoms with E-state index in [1.807, 2.05) is 12.1 Å². The summed E-state index contributed by atoms with van der Waals surface area (Å²) >= 11 is 6.16. The minimum absolute atomic E-state index is 0.804. The van der Waals surface area contributed by atoms with E-state index in [1.54, 1.807) is 0 Å². The molecule has 0 bridgehead atoms. The van der Waals surface area contributed by atoms with Crippen LogP contribution in [0.4, 0.5) is 0 Å². The molecule has 0 spiro atoms. The van der Waals surface area contributed by atoms with Crippen molar-refractivity contribution in [1.82, 2.24) is 4.57 Å². The van der Waals surface area contributed by atoms with E-state index in [-0.39, 0.29) is 0 Å². The zero-order valence-electron chi connectivity index (χ0n) is 8.41. The maximum Gasteiger partial charge on any atom is 0.0669 e. The van der Waals surface area contributed by atoms with E-state index in [9.17, 15) is 0 Å². The monoisotopic (exact) mass is 217 g/mol. The molecule has 0 fully saturated rings. The Kier molecular flexibility index (Phi) is 2.99. The second-order valence-electron chi connectivity index (χ2n) is 3.49. The summed E-state index contributed by atoms with van der Waals surface area (Å²) in [6, 6.07) is 8.04. The van der Waals surface area contributed by atoms with Gasteiger partial charge in [-0.3, -0.25) is 0 Å². The lowest BCUT2D eigenvalue weighted by Gasteiger charge is -2.04. The van der Waals surface area contributed by atoms with Crippen molar-refractivity contribution in [3.8, 4) is 12.3 Å². The Labute approximate surface area is 94.7 Å². The van der Waals surface area contributed by atoms with E-state index in [1.165, 1.54) is 5.39 Å². The second kappa shape index (κ2) is 4.42. The van der Waals surface area contributed by atoms with Gasteiger partial charge in [0, 0.05) is 24.5 Å². The Morgan fingerprint density at radius 2 is 2.20 bits per heavy atom. The molecule has 0 saturated heterocycles. The van der Waals surface area contributed by atoms with Crippen LogP contribution < -0.4 is 0 Å². The Morgan fingerprint density at radius 1 is 1.33 bits per heavy atom. The number of rotatable bonds is 3. The SMILES string of the molecule is C#CCCCn1ccc2cccc(Cl)c21. The fraction of sp³-hybridized carbons (Fsp3) is 0.231. The van der Waals surface area contributed by atoms with Gasteiger partial charge in [-0.2, -0.15) is 0 Å². The summed E-state index contributed by atoms with van der Waals surface area (Å²) in [5.74, 6) is 2.65. The molecular weight excluding hydrogens is 206 g/mol. The van der Waals surface area contributed by atoms with Crippen LogP contribution in [0, 0.1) is 12.3 Å². The van der Waals surface area contributed by atoms with Gasteiger partial charge in [0.25, 0.3) is 0 Å². The molecular formula is C13H12ClN. The van der Waals surface area contributed by atoms with Crippen molar-refractivity contribution >= 4 is 22.5 Å². The molecule has 0 unspecified atom stereocenters. The third kappa shape index (κ3) is 2.00. The van der Waals surface area contributed by atoms with Crippen LogP contribution in [0.25, 0.3) is 10.9 Å². The molecule has 0 radical (unpaired) electrons. The molecule has 1 nitrogen and oxygen atoms in total. The molecule has 0 N–H and O–H groups in total. The standard InChI is InChI=1S/C13H12ClN/c1-2-3-4-9-15-10-8-11-6-5-7-12(14)13(11)15/h1,5-8,10H,3-4,9H2. The molecule has 0 aliphatic carbocycles. The van der Waals surface area contributed by atoms with Crippen molar-refractivity contribution in [2.45, 2.75) is 19.4 Å². The van der Waals surface area contributed by atoms with Gasteiger partial charge in [-0.1, -0.05) is 23.7 Å². The van der Waals surface area contributed by atoms with Crippen molar-refractivity contribution in [2.75, 3.05) is 0 Å². The van der Waals surface area contributed by atoms with E-state index in [0.717, 1.165) is 29.9 Å². The van der Waals surface area contributed by atoms with Gasteiger partial charge in [0.2, 0.25) is 0 Å². The zero-order valence-corrected chi connectivity index (χ0v) is 9.17. The number of terminal acetylenes is 1. The Balaban J connectivity index is 2.32. The lowest BCUT2D eigenvalue weighted by molar-refractivity contribution is 0.677. The normalized spacial score (nSPS) is 10.4. The largest absolute Gasteiger partial charge is 0.346 e. The number of hydrogen-bond donors (Lipinski definition) is 0. The van der Waals surface area contributed by atoms with Crippen LogP contribution in [-0.2, 0) is 6.54 Å². The number of unbranched alkanes of at least 4 members (excludes halogenated alkanes) is 1. The summed E-state index contributed by atoms with van der Waals surface area (Å²) in [5, 5.41) is 1.99. The third-order valence-corrected chi connectivity index (χ3v) is 2.76. The lowest BCUT2D eigenvalue weighted by Crippen LogP contribution is -1.95. The molecule has 15 heavy (non-hydrogen) atoms. The van der Waals surface area contributed by atoms with E-state index in [0.29, 0.717) is 0 Å². The van der Waals surface area contributed by atoms with Crippen LogP contribution in [0.15, 0.2) is 30.5 Å². The van der Waals surface area contributed by atoms with E-state index >= 15 is 0 Å². The van der Waals surface area contributed by atoms with Crippen molar-refractivity contribution < 1.29 is 0 Å². The third-order valence-electron chi connectivity index (χ3n) is 2.46. The van der Waals surface area contributed by atoms with Gasteiger partial charge in [-0.05, 0) is 18.6 Å². The van der Waals surface area contributed by atoms with Gasteiger partial charge in [0.05, 0.1) is 10.5 Å². The molecule has 2 heteroatoms. The minimum Gasteiger partial charge on any atom is -0.346 e. The molecule has 0 aliphatic heterocycles. The summed E-state index contributed by atoms with van der Waals surface area (Å²) in [5.41, 5.74) is 1.11. The van der Waals surface area contributed by atoms with Crippen molar-refractivity contribution in [2.24, 2.45) is 0 Å². The van der Waals surface area contributed by atoms with Gasteiger partial charge < -0.3 is 4.57 Å². The summed E-state index contributed by atoms with van der Waals surface area (Å²) in [7, 11) is 0. The van der Waals surface area contributed by atoms with E-state index < -0.39 is 0 Å². The average molecular weight is 218 g/mol. The lowest BCUT2D eigenvalue weighted by atomic mass is 10.2. The molecule has 0 atom stereocenters. The van der Waals surface area contributed by atoms with Crippen molar-refractivity contribution in [3.63, 3.8) is 0 Å². The molecule has 76 valence electrons. The maximum absolute atomic E-state index is 6.16. The van der Waals surface area contributed by atoms with Crippen molar-refractivity contribution in [1.29, 1.82) is 0 Å². The number of para-hydroxylation sites is 1. The summed E-state index contributed by atoms with van der Waals surface area (Å²) in [4.78, 5) is 0. The van der Waals surface area contributed by atoms with Gasteiger partial charge in [0.1, 0.15) is 0 Å². The molecule has 0 amide bonds. The Bertz CT molecular complexity index is 505. The van der Waals surface area contributed by atoms with Crippen LogP contribution in [-0.4, -0.2) is 4.57 Å². The van der Waals surface area contributed by atoms with Gasteiger partial charge in [-0.15, -0.1) is 12.3 Å². The van der Waals surface area contributed by atoms with Gasteiger partial charge in [-0.25, -0.2) is 0 Å². The first kappa shape index (κ1) is 10.1. The predicted octanol–water partition coefficient (Wildman–Crippen LogP) is 3.71. The quantitative estimate of drug-likeness (QED) is 0.546. The number of benzene rings is 1. The minimum atomic E-state index is 0.804. The van der Waals surface area contributed by atoms with Crippen LogP contribution in [0.3, 0.4) is 0 Å². The number of nitrogens with zero attached hydrogens (tertiary/aromatic N) is 1. The smallest absolute Gasteiger partial charge is 0.0669 e. The number of hydrogen-bond acceptors (Lipinski definition) is 0. The Hall–Kier alpha value is -1.39. The first-order chi connectivity index (χ1) is 7.33. The van der Waals surface area contributed by atoms with Crippen molar-refractivity contribution in [3.05, 3.63) is 35.5 Å². The predicted molar refractivity (Wildman–Crippen MR) is 65.0 cm³/mol. The molecule has 0 aliphatic rings. The van der Waals surface area contributed by atoms with Gasteiger partial charge in [0.15, 0.2) is 0 Å². The zero-order chi connectivity index (χ0) is 10.7. The molecule has 2 aromatic rings. The highest BCUT2D eigenvalue weighted by Gasteiger charge is 2.03. The maximum atomic E-state index is 6.16. The second-order valence-corrected chi connectivity index (χ2v) is 3.90. The molecule has 0 saturated carbocycles. The van der Waals surface area contributed by atoms with E-state index in [4.69, 9.17) is 18.0 Å². The average Bonchev–Trinajstić information content (AvgIpc) is 2.63. The number of aryl methyl sites for hydroxylation is 1. The highest BCUT2D eigenvalue weighted by molar-refractivity contribution is 6.35. The molecule has 1 heterocycles. The summed E-state index contributed by atoms with van der Waals surface area (Å²) in [6.07, 6.45) is 9.09. The highest BCUT2D eigenvalue weighted by Crippen LogP contribution is 2.24. The fourth-order valence-electron chi connectivity index (χ4n) is 1.75. The van der Waals surface area contributed by atoms with E-state index in [2.05, 4.69) is 28.8 Å². The number of halogens is 1. The van der Waals surface area contributed by atoms with Crippen LogP contribution >= 0.6 is 11.6 Å².